The molecule has 0 bridgehead atoms. The smallest absolute Gasteiger partial charge is 0.142 e. The maximum Gasteiger partial charge on any atom is 0.142 e. The second-order valence-corrected chi connectivity index (χ2v) is 5.75. The maximum absolute atomic E-state index is 6.08. The summed E-state index contributed by atoms with van der Waals surface area (Å²) in [5, 5.41) is 4.38. The molecule has 4 rings (SSSR count). The summed E-state index contributed by atoms with van der Waals surface area (Å²) in [6, 6.07) is 9.91. The van der Waals surface area contributed by atoms with Gasteiger partial charge in [0.2, 0.25) is 0 Å². The van der Waals surface area contributed by atoms with Crippen molar-refractivity contribution in [2.75, 3.05) is 5.73 Å². The summed E-state index contributed by atoms with van der Waals surface area (Å²) in [4.78, 5) is 12.3. The lowest BCUT2D eigenvalue weighted by atomic mass is 10.1. The molecule has 0 fully saturated rings. The molecule has 0 saturated carbocycles. The number of nitrogen functional groups attached to an aromatic ring is 1. The molecule has 0 aliphatic carbocycles. The Balaban J connectivity index is 1.77. The molecule has 0 aliphatic rings. The number of anilines is 1. The number of benzene rings is 1. The third-order valence-electron chi connectivity index (χ3n) is 3.98. The number of para-hydroxylation sites is 2. The highest BCUT2D eigenvalue weighted by atomic mass is 15.3. The molecule has 3 heterocycles. The summed E-state index contributed by atoms with van der Waals surface area (Å²) in [7, 11) is 0. The topological polar surface area (TPSA) is 85.4 Å². The van der Waals surface area contributed by atoms with Crippen LogP contribution in [0.4, 0.5) is 5.82 Å². The minimum absolute atomic E-state index is 0.457. The van der Waals surface area contributed by atoms with Crippen molar-refractivity contribution in [3.63, 3.8) is 0 Å². The minimum atomic E-state index is 0.457. The molecule has 0 unspecified atom stereocenters. The standard InChI is InChI=1S/C18H18N6/c1-2-7-24-11-13(10-21-24)12-8-14(17(19)20-9-12)18-22-15-5-3-4-6-16(15)23-18/h3-6,8-11H,2,7H2,1H3,(H2,19,20)(H,22,23). The molecular formula is C18H18N6. The van der Waals surface area contributed by atoms with E-state index >= 15 is 0 Å². The van der Waals surface area contributed by atoms with E-state index in [9.17, 15) is 0 Å². The zero-order valence-electron chi connectivity index (χ0n) is 13.4. The number of nitrogens with zero attached hydrogens (tertiary/aromatic N) is 4. The quantitative estimate of drug-likeness (QED) is 0.603. The van der Waals surface area contributed by atoms with Gasteiger partial charge in [0.15, 0.2) is 0 Å². The summed E-state index contributed by atoms with van der Waals surface area (Å²) in [5.41, 5.74) is 10.8. The van der Waals surface area contributed by atoms with E-state index in [1.165, 1.54) is 0 Å². The number of rotatable bonds is 4. The van der Waals surface area contributed by atoms with Crippen LogP contribution in [0.3, 0.4) is 0 Å². The van der Waals surface area contributed by atoms with Crippen LogP contribution in [0.1, 0.15) is 13.3 Å². The molecule has 0 aliphatic heterocycles. The van der Waals surface area contributed by atoms with Crippen molar-refractivity contribution in [1.82, 2.24) is 24.7 Å². The third kappa shape index (κ3) is 2.52. The molecule has 3 aromatic heterocycles. The van der Waals surface area contributed by atoms with Crippen LogP contribution in [-0.4, -0.2) is 24.7 Å². The SMILES string of the molecule is CCCn1cc(-c2cnc(N)c(-c3nc4ccccc4[nH]3)c2)cn1. The molecule has 6 nitrogen and oxygen atoms in total. The first-order valence-corrected chi connectivity index (χ1v) is 7.98. The van der Waals surface area contributed by atoms with E-state index in [0.29, 0.717) is 5.82 Å². The van der Waals surface area contributed by atoms with Crippen LogP contribution in [0, 0.1) is 0 Å². The van der Waals surface area contributed by atoms with Gasteiger partial charge in [-0.1, -0.05) is 19.1 Å². The molecule has 0 radical (unpaired) electrons. The average Bonchev–Trinajstić information content (AvgIpc) is 3.22. The molecule has 24 heavy (non-hydrogen) atoms. The second kappa shape index (κ2) is 5.81. The van der Waals surface area contributed by atoms with Crippen LogP contribution in [0.15, 0.2) is 48.9 Å². The Morgan fingerprint density at radius 3 is 2.88 bits per heavy atom. The normalized spacial score (nSPS) is 11.2. The van der Waals surface area contributed by atoms with Crippen LogP contribution >= 0.6 is 0 Å². The van der Waals surface area contributed by atoms with Gasteiger partial charge in [-0.2, -0.15) is 5.10 Å². The van der Waals surface area contributed by atoms with Crippen LogP contribution in [0.25, 0.3) is 33.5 Å². The van der Waals surface area contributed by atoms with E-state index in [0.717, 1.165) is 46.5 Å². The predicted octanol–water partition coefficient (Wildman–Crippen LogP) is 3.48. The Bertz CT molecular complexity index is 965. The number of H-pyrrole nitrogens is 1. The zero-order chi connectivity index (χ0) is 16.5. The van der Waals surface area contributed by atoms with Crippen molar-refractivity contribution in [1.29, 1.82) is 0 Å². The van der Waals surface area contributed by atoms with Crippen LogP contribution in [0.5, 0.6) is 0 Å². The number of aromatic nitrogens is 5. The highest BCUT2D eigenvalue weighted by molar-refractivity contribution is 5.83. The molecular weight excluding hydrogens is 300 g/mol. The third-order valence-corrected chi connectivity index (χ3v) is 3.98. The monoisotopic (exact) mass is 318 g/mol. The van der Waals surface area contributed by atoms with Gasteiger partial charge >= 0.3 is 0 Å². The van der Waals surface area contributed by atoms with Crippen molar-refractivity contribution in [2.24, 2.45) is 0 Å². The molecule has 0 saturated heterocycles. The lowest BCUT2D eigenvalue weighted by Gasteiger charge is -2.04. The average molecular weight is 318 g/mol. The molecule has 1 aromatic carbocycles. The first-order chi connectivity index (χ1) is 11.7. The minimum Gasteiger partial charge on any atom is -0.383 e. The number of hydrogen-bond acceptors (Lipinski definition) is 4. The molecule has 4 aromatic rings. The zero-order valence-corrected chi connectivity index (χ0v) is 13.4. The first kappa shape index (κ1) is 14.4. The molecule has 0 atom stereocenters. The van der Waals surface area contributed by atoms with Crippen LogP contribution in [0.2, 0.25) is 0 Å². The summed E-state index contributed by atoms with van der Waals surface area (Å²) >= 11 is 0. The number of imidazole rings is 1. The Morgan fingerprint density at radius 1 is 1.17 bits per heavy atom. The Hall–Kier alpha value is -3.15. The van der Waals surface area contributed by atoms with Crippen LogP contribution in [-0.2, 0) is 6.54 Å². The lowest BCUT2D eigenvalue weighted by Crippen LogP contribution is -1.96. The van der Waals surface area contributed by atoms with E-state index in [1.54, 1.807) is 6.20 Å². The lowest BCUT2D eigenvalue weighted by molar-refractivity contribution is 0.603. The summed E-state index contributed by atoms with van der Waals surface area (Å²) in [6.45, 7) is 3.03. The van der Waals surface area contributed by atoms with Gasteiger partial charge in [-0.3, -0.25) is 4.68 Å². The van der Waals surface area contributed by atoms with Crippen molar-refractivity contribution in [2.45, 2.75) is 19.9 Å². The van der Waals surface area contributed by atoms with Crippen molar-refractivity contribution >= 4 is 16.9 Å². The van der Waals surface area contributed by atoms with Gasteiger partial charge in [-0.15, -0.1) is 0 Å². The van der Waals surface area contributed by atoms with Gasteiger partial charge in [0.25, 0.3) is 0 Å². The number of pyridine rings is 1. The van der Waals surface area contributed by atoms with Gasteiger partial charge in [-0.05, 0) is 24.6 Å². The van der Waals surface area contributed by atoms with Crippen LogP contribution < -0.4 is 5.73 Å². The Morgan fingerprint density at radius 2 is 2.04 bits per heavy atom. The van der Waals surface area contributed by atoms with E-state index < -0.39 is 0 Å². The molecule has 3 N–H and O–H groups in total. The maximum atomic E-state index is 6.08. The molecule has 0 amide bonds. The first-order valence-electron chi connectivity index (χ1n) is 7.98. The number of hydrogen-bond donors (Lipinski definition) is 2. The molecule has 0 spiro atoms. The van der Waals surface area contributed by atoms with Gasteiger partial charge in [0, 0.05) is 30.1 Å². The van der Waals surface area contributed by atoms with E-state index in [2.05, 4.69) is 27.0 Å². The summed E-state index contributed by atoms with van der Waals surface area (Å²) in [6.07, 6.45) is 6.70. The van der Waals surface area contributed by atoms with Gasteiger partial charge < -0.3 is 10.7 Å². The summed E-state index contributed by atoms with van der Waals surface area (Å²) in [5.74, 6) is 1.18. The number of aromatic amines is 1. The number of aryl methyl sites for hydroxylation is 1. The highest BCUT2D eigenvalue weighted by Gasteiger charge is 2.12. The van der Waals surface area contributed by atoms with E-state index in [4.69, 9.17) is 5.73 Å². The Labute approximate surface area is 139 Å². The van der Waals surface area contributed by atoms with Gasteiger partial charge in [0.05, 0.1) is 22.8 Å². The number of nitrogens with one attached hydrogen (secondary N) is 1. The highest BCUT2D eigenvalue weighted by Crippen LogP contribution is 2.29. The molecule has 6 heteroatoms. The van der Waals surface area contributed by atoms with Gasteiger partial charge in [-0.25, -0.2) is 9.97 Å². The van der Waals surface area contributed by atoms with Crippen molar-refractivity contribution in [3.05, 3.63) is 48.9 Å². The number of fused-ring (bicyclic) bond motifs is 1. The predicted molar refractivity (Wildman–Crippen MR) is 95.2 cm³/mol. The van der Waals surface area contributed by atoms with Crippen molar-refractivity contribution in [3.8, 4) is 22.5 Å². The second-order valence-electron chi connectivity index (χ2n) is 5.75. The summed E-state index contributed by atoms with van der Waals surface area (Å²) < 4.78 is 1.94. The van der Waals surface area contributed by atoms with E-state index in [-0.39, 0.29) is 0 Å². The fourth-order valence-corrected chi connectivity index (χ4v) is 2.77. The fourth-order valence-electron chi connectivity index (χ4n) is 2.77. The van der Waals surface area contributed by atoms with Gasteiger partial charge in [0.1, 0.15) is 11.6 Å². The molecule has 120 valence electrons. The fraction of sp³-hybridized carbons (Fsp3) is 0.167. The number of nitrogens with two attached hydrogens (primary N) is 1. The Kier molecular flexibility index (Phi) is 3.49. The largest absolute Gasteiger partial charge is 0.383 e. The van der Waals surface area contributed by atoms with E-state index in [1.807, 2.05) is 47.4 Å². The van der Waals surface area contributed by atoms with Crippen molar-refractivity contribution < 1.29 is 0 Å².